The van der Waals surface area contributed by atoms with Crippen LogP contribution in [0.25, 0.3) is 11.4 Å². The first kappa shape index (κ1) is 12.7. The van der Waals surface area contributed by atoms with Gasteiger partial charge in [0.05, 0.1) is 5.54 Å². The van der Waals surface area contributed by atoms with Crippen LogP contribution in [0.4, 0.5) is 4.39 Å². The van der Waals surface area contributed by atoms with E-state index in [0.717, 1.165) is 5.56 Å². The zero-order valence-corrected chi connectivity index (χ0v) is 10.7. The monoisotopic (exact) mass is 249 g/mol. The van der Waals surface area contributed by atoms with Crippen molar-refractivity contribution in [3.05, 3.63) is 35.5 Å². The van der Waals surface area contributed by atoms with Gasteiger partial charge in [-0.15, -0.1) is 0 Å². The molecule has 1 atom stereocenters. The van der Waals surface area contributed by atoms with E-state index in [0.29, 0.717) is 23.7 Å². The van der Waals surface area contributed by atoms with Gasteiger partial charge in [-0.25, -0.2) is 4.39 Å². The number of hydrogen-bond acceptors (Lipinski definition) is 4. The minimum Gasteiger partial charge on any atom is -0.337 e. The van der Waals surface area contributed by atoms with E-state index < -0.39 is 5.54 Å². The maximum Gasteiger partial charge on any atom is 0.246 e. The lowest BCUT2D eigenvalue weighted by atomic mass is 10.0. The van der Waals surface area contributed by atoms with Gasteiger partial charge in [-0.1, -0.05) is 12.1 Å². The van der Waals surface area contributed by atoms with Crippen LogP contribution in [0.1, 0.15) is 31.7 Å². The molecule has 0 aliphatic heterocycles. The molecule has 0 bridgehead atoms. The zero-order valence-electron chi connectivity index (χ0n) is 10.7. The summed E-state index contributed by atoms with van der Waals surface area (Å²) in [5.74, 6) is 0.569. The van der Waals surface area contributed by atoms with Crippen molar-refractivity contribution in [3.63, 3.8) is 0 Å². The molecular formula is C13H16FN3O. The van der Waals surface area contributed by atoms with Gasteiger partial charge in [-0.05, 0) is 44.0 Å². The topological polar surface area (TPSA) is 64.9 Å². The summed E-state index contributed by atoms with van der Waals surface area (Å²) in [5, 5.41) is 3.88. The van der Waals surface area contributed by atoms with Crippen LogP contribution in [0.2, 0.25) is 0 Å². The van der Waals surface area contributed by atoms with Gasteiger partial charge in [0, 0.05) is 5.56 Å². The van der Waals surface area contributed by atoms with Crippen molar-refractivity contribution in [3.8, 4) is 11.4 Å². The molecule has 5 heteroatoms. The summed E-state index contributed by atoms with van der Waals surface area (Å²) in [5.41, 5.74) is 6.65. The predicted molar refractivity (Wildman–Crippen MR) is 66.3 cm³/mol. The summed E-state index contributed by atoms with van der Waals surface area (Å²) >= 11 is 0. The number of hydrogen-bond donors (Lipinski definition) is 1. The first-order valence-electron chi connectivity index (χ1n) is 5.83. The van der Waals surface area contributed by atoms with E-state index in [9.17, 15) is 4.39 Å². The van der Waals surface area contributed by atoms with Crippen LogP contribution in [0, 0.1) is 12.7 Å². The van der Waals surface area contributed by atoms with Crippen molar-refractivity contribution in [2.45, 2.75) is 32.7 Å². The Balaban J connectivity index is 2.38. The third kappa shape index (κ3) is 2.26. The highest BCUT2D eigenvalue weighted by Crippen LogP contribution is 2.24. The van der Waals surface area contributed by atoms with E-state index in [1.54, 1.807) is 19.1 Å². The number of nitrogens with two attached hydrogens (primary N) is 1. The van der Waals surface area contributed by atoms with Crippen LogP contribution in [0.5, 0.6) is 0 Å². The summed E-state index contributed by atoms with van der Waals surface area (Å²) < 4.78 is 18.3. The zero-order chi connectivity index (χ0) is 13.3. The highest BCUT2D eigenvalue weighted by Gasteiger charge is 2.26. The van der Waals surface area contributed by atoms with Crippen molar-refractivity contribution < 1.29 is 8.91 Å². The number of halogens is 1. The first-order chi connectivity index (χ1) is 8.44. The maximum atomic E-state index is 13.2. The molecule has 4 nitrogen and oxygen atoms in total. The maximum absolute atomic E-state index is 13.2. The average molecular weight is 249 g/mol. The fourth-order valence-corrected chi connectivity index (χ4v) is 1.51. The molecule has 0 fully saturated rings. The molecule has 0 aliphatic carbocycles. The van der Waals surface area contributed by atoms with Gasteiger partial charge in [0.2, 0.25) is 11.7 Å². The second-order valence-electron chi connectivity index (χ2n) is 4.66. The Morgan fingerprint density at radius 1 is 1.44 bits per heavy atom. The van der Waals surface area contributed by atoms with Gasteiger partial charge in [0.15, 0.2) is 0 Å². The molecule has 0 saturated heterocycles. The van der Waals surface area contributed by atoms with Gasteiger partial charge in [0.25, 0.3) is 0 Å². The van der Waals surface area contributed by atoms with Crippen LogP contribution in [-0.2, 0) is 5.54 Å². The second-order valence-corrected chi connectivity index (χ2v) is 4.66. The SMILES string of the molecule is CCC(C)(N)c1nc(-c2ccc(F)c(C)c2)no1. The molecular weight excluding hydrogens is 233 g/mol. The van der Waals surface area contributed by atoms with E-state index in [4.69, 9.17) is 10.3 Å². The van der Waals surface area contributed by atoms with Crippen molar-refractivity contribution in [2.24, 2.45) is 5.73 Å². The van der Waals surface area contributed by atoms with Crippen molar-refractivity contribution >= 4 is 0 Å². The molecule has 0 amide bonds. The molecule has 1 unspecified atom stereocenters. The Kier molecular flexibility index (Phi) is 3.17. The number of benzene rings is 1. The van der Waals surface area contributed by atoms with E-state index in [1.165, 1.54) is 6.07 Å². The number of aryl methyl sites for hydroxylation is 1. The van der Waals surface area contributed by atoms with E-state index in [2.05, 4.69) is 10.1 Å². The second kappa shape index (κ2) is 4.49. The summed E-state index contributed by atoms with van der Waals surface area (Å²) in [6, 6.07) is 4.70. The third-order valence-corrected chi connectivity index (χ3v) is 3.07. The molecule has 1 aromatic heterocycles. The molecule has 2 aromatic rings. The minimum absolute atomic E-state index is 0.250. The van der Waals surface area contributed by atoms with Crippen LogP contribution < -0.4 is 5.73 Å². The summed E-state index contributed by atoms with van der Waals surface area (Å²) in [6.45, 7) is 5.48. The summed E-state index contributed by atoms with van der Waals surface area (Å²) in [7, 11) is 0. The van der Waals surface area contributed by atoms with Gasteiger partial charge >= 0.3 is 0 Å². The molecule has 0 radical (unpaired) electrons. The van der Waals surface area contributed by atoms with Gasteiger partial charge in [-0.3, -0.25) is 0 Å². The first-order valence-corrected chi connectivity index (χ1v) is 5.83. The number of nitrogens with zero attached hydrogens (tertiary/aromatic N) is 2. The Morgan fingerprint density at radius 2 is 2.17 bits per heavy atom. The molecule has 1 heterocycles. The predicted octanol–water partition coefficient (Wildman–Crippen LogP) is 2.77. The lowest BCUT2D eigenvalue weighted by molar-refractivity contribution is 0.291. The van der Waals surface area contributed by atoms with Crippen molar-refractivity contribution in [1.29, 1.82) is 0 Å². The highest BCUT2D eigenvalue weighted by atomic mass is 19.1. The van der Waals surface area contributed by atoms with Crippen molar-refractivity contribution in [2.75, 3.05) is 0 Å². The van der Waals surface area contributed by atoms with E-state index in [1.807, 2.05) is 13.8 Å². The van der Waals surface area contributed by atoms with Crippen molar-refractivity contribution in [1.82, 2.24) is 10.1 Å². The Bertz CT molecular complexity index is 563. The Morgan fingerprint density at radius 3 is 2.78 bits per heavy atom. The van der Waals surface area contributed by atoms with Crippen LogP contribution >= 0.6 is 0 Å². The smallest absolute Gasteiger partial charge is 0.246 e. The molecule has 0 spiro atoms. The molecule has 2 rings (SSSR count). The average Bonchev–Trinajstić information content (AvgIpc) is 2.83. The fraction of sp³-hybridized carbons (Fsp3) is 0.385. The molecule has 0 aliphatic rings. The molecule has 96 valence electrons. The standard InChI is InChI=1S/C13H16FN3O/c1-4-13(3,15)12-16-11(17-18-12)9-5-6-10(14)8(2)7-9/h5-7H,4,15H2,1-3H3. The number of aromatic nitrogens is 2. The third-order valence-electron chi connectivity index (χ3n) is 3.07. The van der Waals surface area contributed by atoms with Crippen LogP contribution in [0.3, 0.4) is 0 Å². The highest BCUT2D eigenvalue weighted by molar-refractivity contribution is 5.55. The Labute approximate surface area is 105 Å². The Hall–Kier alpha value is -1.75. The lowest BCUT2D eigenvalue weighted by Crippen LogP contribution is -2.32. The van der Waals surface area contributed by atoms with Crippen LogP contribution in [-0.4, -0.2) is 10.1 Å². The van der Waals surface area contributed by atoms with Gasteiger partial charge < -0.3 is 10.3 Å². The molecule has 1 aromatic carbocycles. The largest absolute Gasteiger partial charge is 0.337 e. The summed E-state index contributed by atoms with van der Waals surface area (Å²) in [4.78, 5) is 4.27. The van der Waals surface area contributed by atoms with Gasteiger partial charge in [-0.2, -0.15) is 4.98 Å². The lowest BCUT2D eigenvalue weighted by Gasteiger charge is -2.16. The summed E-state index contributed by atoms with van der Waals surface area (Å²) in [6.07, 6.45) is 0.692. The number of rotatable bonds is 3. The van der Waals surface area contributed by atoms with Crippen LogP contribution in [0.15, 0.2) is 22.7 Å². The fourth-order valence-electron chi connectivity index (χ4n) is 1.51. The molecule has 0 saturated carbocycles. The van der Waals surface area contributed by atoms with Gasteiger partial charge in [0.1, 0.15) is 5.82 Å². The normalized spacial score (nSPS) is 14.5. The molecule has 2 N–H and O–H groups in total. The quantitative estimate of drug-likeness (QED) is 0.908. The molecule has 18 heavy (non-hydrogen) atoms. The van der Waals surface area contributed by atoms with E-state index in [-0.39, 0.29) is 5.82 Å². The minimum atomic E-state index is -0.639. The van der Waals surface area contributed by atoms with E-state index >= 15 is 0 Å².